The second-order valence-electron chi connectivity index (χ2n) is 4.04. The second kappa shape index (κ2) is 5.28. The van der Waals surface area contributed by atoms with Crippen molar-refractivity contribution in [3.8, 4) is 0 Å². The second-order valence-corrected chi connectivity index (χ2v) is 4.44. The van der Waals surface area contributed by atoms with Crippen LogP contribution in [0.4, 0.5) is 15.8 Å². The molecule has 0 unspecified atom stereocenters. The zero-order valence-electron chi connectivity index (χ0n) is 10.1. The highest BCUT2D eigenvalue weighted by atomic mass is 35.5. The summed E-state index contributed by atoms with van der Waals surface area (Å²) in [4.78, 5) is 10.9. The Morgan fingerprint density at radius 3 is 2.74 bits per heavy atom. The number of carbonyl (C=O) groups is 1. The van der Waals surface area contributed by atoms with E-state index in [-0.39, 0.29) is 5.56 Å². The van der Waals surface area contributed by atoms with Gasteiger partial charge in [-0.25, -0.2) is 9.18 Å². The van der Waals surface area contributed by atoms with Crippen LogP contribution in [0.5, 0.6) is 0 Å². The molecule has 0 spiro atoms. The van der Waals surface area contributed by atoms with Gasteiger partial charge in [0.2, 0.25) is 0 Å². The maximum absolute atomic E-state index is 13.3. The number of benzene rings is 2. The van der Waals surface area contributed by atoms with Crippen molar-refractivity contribution in [3.63, 3.8) is 0 Å². The van der Waals surface area contributed by atoms with E-state index in [2.05, 4.69) is 5.32 Å². The van der Waals surface area contributed by atoms with Gasteiger partial charge in [-0.05, 0) is 42.8 Å². The molecule has 5 heteroatoms. The van der Waals surface area contributed by atoms with Gasteiger partial charge in [-0.2, -0.15) is 0 Å². The van der Waals surface area contributed by atoms with E-state index in [1.54, 1.807) is 12.1 Å². The summed E-state index contributed by atoms with van der Waals surface area (Å²) < 4.78 is 13.3. The average molecular weight is 280 g/mol. The molecule has 0 aliphatic carbocycles. The van der Waals surface area contributed by atoms with E-state index in [0.717, 1.165) is 17.3 Å². The van der Waals surface area contributed by atoms with Crippen LogP contribution in [0.15, 0.2) is 36.4 Å². The Kier molecular flexibility index (Phi) is 3.71. The van der Waals surface area contributed by atoms with Gasteiger partial charge in [0.05, 0.1) is 5.56 Å². The van der Waals surface area contributed by atoms with Crippen LogP contribution in [-0.4, -0.2) is 11.1 Å². The van der Waals surface area contributed by atoms with Gasteiger partial charge in [0, 0.05) is 16.4 Å². The molecule has 0 saturated heterocycles. The van der Waals surface area contributed by atoms with Gasteiger partial charge in [-0.1, -0.05) is 17.7 Å². The Bertz CT molecular complexity index is 643. The zero-order valence-corrected chi connectivity index (χ0v) is 10.8. The average Bonchev–Trinajstić information content (AvgIpc) is 2.37. The van der Waals surface area contributed by atoms with Crippen molar-refractivity contribution in [2.75, 3.05) is 5.32 Å². The third-order valence-electron chi connectivity index (χ3n) is 2.74. The van der Waals surface area contributed by atoms with E-state index in [1.165, 1.54) is 12.1 Å². The molecule has 98 valence electrons. The molecule has 0 aliphatic heterocycles. The SMILES string of the molecule is Cc1c(Cl)cccc1Nc1ccc(F)c(C(=O)O)c1. The molecule has 0 fully saturated rings. The number of nitrogens with one attached hydrogen (secondary N) is 1. The molecule has 0 heterocycles. The monoisotopic (exact) mass is 279 g/mol. The van der Waals surface area contributed by atoms with Crippen molar-refractivity contribution in [1.29, 1.82) is 0 Å². The number of carboxylic acid groups (broad SMARTS) is 1. The lowest BCUT2D eigenvalue weighted by Crippen LogP contribution is -2.02. The molecule has 19 heavy (non-hydrogen) atoms. The van der Waals surface area contributed by atoms with E-state index in [4.69, 9.17) is 16.7 Å². The van der Waals surface area contributed by atoms with Crippen LogP contribution in [0, 0.1) is 12.7 Å². The summed E-state index contributed by atoms with van der Waals surface area (Å²) in [6, 6.07) is 9.19. The van der Waals surface area contributed by atoms with Crippen molar-refractivity contribution in [2.45, 2.75) is 6.92 Å². The van der Waals surface area contributed by atoms with Gasteiger partial charge >= 0.3 is 5.97 Å². The van der Waals surface area contributed by atoms with E-state index < -0.39 is 11.8 Å². The minimum atomic E-state index is -1.30. The van der Waals surface area contributed by atoms with E-state index >= 15 is 0 Å². The number of aromatic carboxylic acids is 1. The first kappa shape index (κ1) is 13.4. The van der Waals surface area contributed by atoms with Crippen LogP contribution < -0.4 is 5.32 Å². The summed E-state index contributed by atoms with van der Waals surface area (Å²) in [6.45, 7) is 1.84. The third-order valence-corrected chi connectivity index (χ3v) is 3.15. The van der Waals surface area contributed by atoms with Crippen molar-refractivity contribution >= 4 is 28.9 Å². The lowest BCUT2D eigenvalue weighted by molar-refractivity contribution is 0.0692. The molecular weight excluding hydrogens is 269 g/mol. The van der Waals surface area contributed by atoms with Gasteiger partial charge in [-0.3, -0.25) is 0 Å². The number of halogens is 2. The topological polar surface area (TPSA) is 49.3 Å². The van der Waals surface area contributed by atoms with Crippen LogP contribution in [0.25, 0.3) is 0 Å². The largest absolute Gasteiger partial charge is 0.478 e. The van der Waals surface area contributed by atoms with E-state index in [1.807, 2.05) is 13.0 Å². The molecule has 2 aromatic carbocycles. The molecule has 0 radical (unpaired) electrons. The molecule has 0 aliphatic rings. The first-order valence-corrected chi connectivity index (χ1v) is 5.92. The maximum Gasteiger partial charge on any atom is 0.338 e. The van der Waals surface area contributed by atoms with Crippen LogP contribution in [0.2, 0.25) is 5.02 Å². The highest BCUT2D eigenvalue weighted by Gasteiger charge is 2.11. The van der Waals surface area contributed by atoms with Crippen molar-refractivity contribution < 1.29 is 14.3 Å². The van der Waals surface area contributed by atoms with Crippen molar-refractivity contribution in [1.82, 2.24) is 0 Å². The minimum absolute atomic E-state index is 0.371. The van der Waals surface area contributed by atoms with E-state index in [0.29, 0.717) is 10.7 Å². The number of rotatable bonds is 3. The van der Waals surface area contributed by atoms with Gasteiger partial charge in [0.1, 0.15) is 5.82 Å². The summed E-state index contributed by atoms with van der Waals surface area (Å²) in [5.74, 6) is -2.06. The first-order chi connectivity index (χ1) is 8.99. The molecule has 0 amide bonds. The smallest absolute Gasteiger partial charge is 0.338 e. The normalized spacial score (nSPS) is 10.3. The number of hydrogen-bond acceptors (Lipinski definition) is 2. The Morgan fingerprint density at radius 1 is 1.32 bits per heavy atom. The van der Waals surface area contributed by atoms with Crippen LogP contribution in [-0.2, 0) is 0 Å². The molecule has 0 saturated carbocycles. The van der Waals surface area contributed by atoms with Gasteiger partial charge in [0.15, 0.2) is 0 Å². The third kappa shape index (κ3) is 2.85. The highest BCUT2D eigenvalue weighted by molar-refractivity contribution is 6.31. The summed E-state index contributed by atoms with van der Waals surface area (Å²) in [6.07, 6.45) is 0. The van der Waals surface area contributed by atoms with Crippen molar-refractivity contribution in [3.05, 3.63) is 58.4 Å². The predicted molar refractivity (Wildman–Crippen MR) is 72.8 cm³/mol. The Balaban J connectivity index is 2.36. The summed E-state index contributed by atoms with van der Waals surface area (Å²) in [5, 5.41) is 12.5. The van der Waals surface area contributed by atoms with Gasteiger partial charge in [0.25, 0.3) is 0 Å². The maximum atomic E-state index is 13.3. The Hall–Kier alpha value is -2.07. The van der Waals surface area contributed by atoms with E-state index in [9.17, 15) is 9.18 Å². The lowest BCUT2D eigenvalue weighted by Gasteiger charge is -2.11. The molecule has 0 bridgehead atoms. The Morgan fingerprint density at radius 2 is 2.05 bits per heavy atom. The lowest BCUT2D eigenvalue weighted by atomic mass is 10.1. The zero-order chi connectivity index (χ0) is 14.0. The van der Waals surface area contributed by atoms with Crippen molar-refractivity contribution in [2.24, 2.45) is 0 Å². The number of hydrogen-bond donors (Lipinski definition) is 2. The fourth-order valence-corrected chi connectivity index (χ4v) is 1.84. The predicted octanol–water partition coefficient (Wildman–Crippen LogP) is 4.23. The summed E-state index contributed by atoms with van der Waals surface area (Å²) >= 11 is 5.99. The molecule has 2 aromatic rings. The van der Waals surface area contributed by atoms with Crippen LogP contribution in [0.1, 0.15) is 15.9 Å². The highest BCUT2D eigenvalue weighted by Crippen LogP contribution is 2.26. The minimum Gasteiger partial charge on any atom is -0.478 e. The summed E-state index contributed by atoms with van der Waals surface area (Å²) in [5.41, 5.74) is 1.70. The fraction of sp³-hybridized carbons (Fsp3) is 0.0714. The molecule has 0 aromatic heterocycles. The first-order valence-electron chi connectivity index (χ1n) is 5.54. The standard InChI is InChI=1S/C14H11ClFNO2/c1-8-11(15)3-2-4-13(8)17-9-5-6-12(16)10(7-9)14(18)19/h2-7,17H,1H3,(H,18,19). The molecule has 0 atom stereocenters. The van der Waals surface area contributed by atoms with Crippen LogP contribution >= 0.6 is 11.6 Å². The molecule has 3 nitrogen and oxygen atoms in total. The number of anilines is 2. The molecule has 2 rings (SSSR count). The molecule has 2 N–H and O–H groups in total. The van der Waals surface area contributed by atoms with Crippen LogP contribution in [0.3, 0.4) is 0 Å². The molecular formula is C14H11ClFNO2. The Labute approximate surface area is 114 Å². The van der Waals surface area contributed by atoms with Gasteiger partial charge in [-0.15, -0.1) is 0 Å². The fourth-order valence-electron chi connectivity index (χ4n) is 1.67. The number of carboxylic acids is 1. The summed E-state index contributed by atoms with van der Waals surface area (Å²) in [7, 11) is 0. The van der Waals surface area contributed by atoms with Gasteiger partial charge < -0.3 is 10.4 Å². The quantitative estimate of drug-likeness (QED) is 0.884.